The molecule has 4 nitrogen and oxygen atoms in total. The van der Waals surface area contributed by atoms with Gasteiger partial charge in [0.2, 0.25) is 0 Å². The molecule has 0 heterocycles. The summed E-state index contributed by atoms with van der Waals surface area (Å²) in [5.41, 5.74) is 14.1. The van der Waals surface area contributed by atoms with Gasteiger partial charge in [-0.1, -0.05) is 25.9 Å². The molecule has 0 radical (unpaired) electrons. The molecule has 2 N–H and O–H groups in total. The van der Waals surface area contributed by atoms with Crippen LogP contribution in [0.25, 0.3) is 10.4 Å². The number of hydrogen-bond acceptors (Lipinski definition) is 2. The van der Waals surface area contributed by atoms with Gasteiger partial charge in [0.1, 0.15) is 0 Å². The van der Waals surface area contributed by atoms with Gasteiger partial charge in [0.05, 0.1) is 6.04 Å². The maximum Gasteiger partial charge on any atom is 0.0551 e. The van der Waals surface area contributed by atoms with Gasteiger partial charge in [-0.05, 0) is 24.8 Å². The van der Waals surface area contributed by atoms with E-state index in [0.29, 0.717) is 0 Å². The molecule has 0 saturated carbocycles. The van der Waals surface area contributed by atoms with Gasteiger partial charge < -0.3 is 5.73 Å². The molecule has 0 aliphatic heterocycles. The first-order valence-corrected chi connectivity index (χ1v) is 4.47. The van der Waals surface area contributed by atoms with Crippen LogP contribution >= 0.6 is 0 Å². The summed E-state index contributed by atoms with van der Waals surface area (Å²) in [5.74, 6) is 0. The average Bonchev–Trinajstić information content (AvgIpc) is 2.13. The molecule has 0 amide bonds. The van der Waals surface area contributed by atoms with E-state index in [9.17, 15) is 0 Å². The predicted molar refractivity (Wildman–Crippen MR) is 50.7 cm³/mol. The van der Waals surface area contributed by atoms with Crippen LogP contribution in [0.3, 0.4) is 0 Å². The van der Waals surface area contributed by atoms with Crippen LogP contribution in [-0.2, 0) is 0 Å². The van der Waals surface area contributed by atoms with Gasteiger partial charge in [-0.2, -0.15) is 0 Å². The van der Waals surface area contributed by atoms with Gasteiger partial charge in [-0.3, -0.25) is 0 Å². The second kappa shape index (κ2) is 5.01. The Bertz CT molecular complexity index is 168. The number of rotatable bonds is 5. The zero-order valence-electron chi connectivity index (χ0n) is 8.12. The Morgan fingerprint density at radius 1 is 1.42 bits per heavy atom. The maximum atomic E-state index is 8.32. The van der Waals surface area contributed by atoms with Gasteiger partial charge in [-0.25, -0.2) is 0 Å². The number of nitrogens with two attached hydrogens (primary N) is 1. The second-order valence-electron chi connectivity index (χ2n) is 3.07. The summed E-state index contributed by atoms with van der Waals surface area (Å²) in [6.07, 6.45) is 2.50. The molecule has 70 valence electrons. The topological polar surface area (TPSA) is 74.8 Å². The van der Waals surface area contributed by atoms with E-state index in [2.05, 4.69) is 10.0 Å². The maximum absolute atomic E-state index is 8.32. The Balaban J connectivity index is 4.53. The van der Waals surface area contributed by atoms with Crippen molar-refractivity contribution in [2.24, 2.45) is 10.8 Å². The van der Waals surface area contributed by atoms with Crippen molar-refractivity contribution >= 4 is 0 Å². The first-order valence-electron chi connectivity index (χ1n) is 4.47. The summed E-state index contributed by atoms with van der Waals surface area (Å²) in [4.78, 5) is 2.81. The first kappa shape index (κ1) is 11.3. The van der Waals surface area contributed by atoms with E-state index in [4.69, 9.17) is 11.3 Å². The Morgan fingerprint density at radius 3 is 2.17 bits per heavy atom. The minimum atomic E-state index is -0.318. The highest BCUT2D eigenvalue weighted by Crippen LogP contribution is 2.21. The van der Waals surface area contributed by atoms with E-state index in [1.807, 2.05) is 20.8 Å². The van der Waals surface area contributed by atoms with Crippen LogP contribution < -0.4 is 5.73 Å². The van der Waals surface area contributed by atoms with Crippen molar-refractivity contribution < 1.29 is 0 Å². The Kier molecular flexibility index (Phi) is 4.71. The lowest BCUT2D eigenvalue weighted by Crippen LogP contribution is -2.48. The van der Waals surface area contributed by atoms with Crippen molar-refractivity contribution in [3.63, 3.8) is 0 Å². The van der Waals surface area contributed by atoms with Crippen LogP contribution in [0.4, 0.5) is 0 Å². The lowest BCUT2D eigenvalue weighted by Gasteiger charge is -2.32. The second-order valence-corrected chi connectivity index (χ2v) is 3.07. The lowest BCUT2D eigenvalue weighted by molar-refractivity contribution is 0.313. The molecule has 0 aliphatic carbocycles. The monoisotopic (exact) mass is 170 g/mol. The van der Waals surface area contributed by atoms with Gasteiger partial charge in [0.15, 0.2) is 0 Å². The first-order chi connectivity index (χ1) is 5.64. The van der Waals surface area contributed by atoms with Crippen molar-refractivity contribution in [3.05, 3.63) is 10.4 Å². The molecule has 0 bridgehead atoms. The largest absolute Gasteiger partial charge is 0.325 e. The fourth-order valence-corrected chi connectivity index (χ4v) is 1.39. The summed E-state index contributed by atoms with van der Waals surface area (Å²) in [6.45, 7) is 6.05. The zero-order chi connectivity index (χ0) is 9.61. The van der Waals surface area contributed by atoms with E-state index in [1.165, 1.54) is 0 Å². The number of hydrogen-bond donors (Lipinski definition) is 1. The molecule has 0 fully saturated rings. The highest BCUT2D eigenvalue weighted by molar-refractivity contribution is 4.93. The number of nitrogens with zero attached hydrogens (tertiary/aromatic N) is 3. The van der Waals surface area contributed by atoms with Gasteiger partial charge in [0, 0.05) is 10.5 Å². The van der Waals surface area contributed by atoms with E-state index < -0.39 is 0 Å². The molecule has 0 aliphatic rings. The molecule has 0 aromatic heterocycles. The van der Waals surface area contributed by atoms with Crippen molar-refractivity contribution in [1.82, 2.24) is 0 Å². The van der Waals surface area contributed by atoms with Crippen molar-refractivity contribution in [3.8, 4) is 0 Å². The zero-order valence-corrected chi connectivity index (χ0v) is 8.12. The van der Waals surface area contributed by atoms with Crippen LogP contribution in [0.2, 0.25) is 0 Å². The van der Waals surface area contributed by atoms with E-state index >= 15 is 0 Å². The molecule has 1 atom stereocenters. The number of azide groups is 1. The minimum absolute atomic E-state index is 0.0718. The summed E-state index contributed by atoms with van der Waals surface area (Å²) in [7, 11) is 0. The molecule has 4 heteroatoms. The summed E-state index contributed by atoms with van der Waals surface area (Å²) in [6, 6.07) is -0.0718. The molecule has 0 spiro atoms. The molecule has 0 saturated heterocycles. The van der Waals surface area contributed by atoms with Crippen molar-refractivity contribution in [1.29, 1.82) is 0 Å². The summed E-state index contributed by atoms with van der Waals surface area (Å²) in [5, 5.41) is 3.71. The predicted octanol–water partition coefficient (Wildman–Crippen LogP) is 2.59. The summed E-state index contributed by atoms with van der Waals surface area (Å²) >= 11 is 0. The highest BCUT2D eigenvalue weighted by atomic mass is 15.2. The van der Waals surface area contributed by atoms with E-state index in [1.54, 1.807) is 0 Å². The Hall–Kier alpha value is -0.730. The van der Waals surface area contributed by atoms with Crippen molar-refractivity contribution in [2.75, 3.05) is 0 Å². The standard InChI is InChI=1S/C8H18N4/c1-4-7(11-12-10)8(9,5-2)6-3/h7H,4-6,9H2,1-3H3. The molecule has 0 aromatic rings. The quantitative estimate of drug-likeness (QED) is 0.384. The van der Waals surface area contributed by atoms with Gasteiger partial charge >= 0.3 is 0 Å². The van der Waals surface area contributed by atoms with Gasteiger partial charge in [0.25, 0.3) is 0 Å². The third-order valence-corrected chi connectivity index (χ3v) is 2.56. The molecule has 0 aromatic carbocycles. The smallest absolute Gasteiger partial charge is 0.0551 e. The van der Waals surface area contributed by atoms with Crippen LogP contribution in [-0.4, -0.2) is 11.6 Å². The molecule has 1 unspecified atom stereocenters. The molecule has 12 heavy (non-hydrogen) atoms. The lowest BCUT2D eigenvalue weighted by atomic mass is 9.85. The van der Waals surface area contributed by atoms with Crippen molar-refractivity contribution in [2.45, 2.75) is 51.6 Å². The molecular formula is C8H18N4. The third kappa shape index (κ3) is 2.40. The molecule has 0 rings (SSSR count). The average molecular weight is 170 g/mol. The molecular weight excluding hydrogens is 152 g/mol. The van der Waals surface area contributed by atoms with Gasteiger partial charge in [-0.15, -0.1) is 0 Å². The van der Waals surface area contributed by atoms with Crippen LogP contribution in [0.1, 0.15) is 40.0 Å². The normalized spacial score (nSPS) is 13.7. The fourth-order valence-electron chi connectivity index (χ4n) is 1.39. The van der Waals surface area contributed by atoms with E-state index in [0.717, 1.165) is 19.3 Å². The highest BCUT2D eigenvalue weighted by Gasteiger charge is 2.28. The van der Waals surface area contributed by atoms with Crippen LogP contribution in [0, 0.1) is 0 Å². The summed E-state index contributed by atoms with van der Waals surface area (Å²) < 4.78 is 0. The Labute approximate surface area is 73.8 Å². The minimum Gasteiger partial charge on any atom is -0.325 e. The van der Waals surface area contributed by atoms with Crippen LogP contribution in [0.5, 0.6) is 0 Å². The fraction of sp³-hybridized carbons (Fsp3) is 1.00. The van der Waals surface area contributed by atoms with Crippen LogP contribution in [0.15, 0.2) is 5.11 Å². The third-order valence-electron chi connectivity index (χ3n) is 2.56. The van der Waals surface area contributed by atoms with E-state index in [-0.39, 0.29) is 11.6 Å². The Morgan fingerprint density at radius 2 is 1.92 bits per heavy atom. The SMILES string of the molecule is CCC(N=[N+]=[N-])C(N)(CC)CC.